The van der Waals surface area contributed by atoms with E-state index in [9.17, 15) is 18.0 Å². The summed E-state index contributed by atoms with van der Waals surface area (Å²) in [6, 6.07) is 0.769. The molecule has 23 heavy (non-hydrogen) atoms. The average Bonchev–Trinajstić information content (AvgIpc) is 2.98. The highest BCUT2D eigenvalue weighted by atomic mass is 32.1. The van der Waals surface area contributed by atoms with Crippen LogP contribution in [0.2, 0.25) is 0 Å². The van der Waals surface area contributed by atoms with Crippen LogP contribution < -0.4 is 0 Å². The number of likely N-dealkylation sites (tertiary alicyclic amines) is 1. The molecule has 0 aromatic carbocycles. The number of rotatable bonds is 3. The van der Waals surface area contributed by atoms with E-state index in [0.29, 0.717) is 10.9 Å². The molecule has 1 amide bonds. The molecule has 0 saturated carbocycles. The van der Waals surface area contributed by atoms with Crippen LogP contribution in [0.3, 0.4) is 0 Å². The second-order valence-corrected chi connectivity index (χ2v) is 7.67. The van der Waals surface area contributed by atoms with Crippen molar-refractivity contribution < 1.29 is 18.0 Å². The number of carbonyl (C=O) groups excluding carboxylic acids is 1. The number of fused-ring (bicyclic) bond motifs is 2. The molecule has 2 saturated heterocycles. The van der Waals surface area contributed by atoms with Gasteiger partial charge < -0.3 is 4.90 Å². The highest BCUT2D eigenvalue weighted by molar-refractivity contribution is 7.13. The van der Waals surface area contributed by atoms with Crippen molar-refractivity contribution in [3.63, 3.8) is 0 Å². The smallest absolute Gasteiger partial charge is 0.329 e. The molecule has 2 atom stereocenters. The lowest BCUT2D eigenvalue weighted by molar-refractivity contribution is -0.127. The zero-order valence-corrected chi connectivity index (χ0v) is 14.0. The summed E-state index contributed by atoms with van der Waals surface area (Å²) < 4.78 is 37.3. The Morgan fingerprint density at radius 2 is 1.96 bits per heavy atom. The second kappa shape index (κ2) is 6.05. The largest absolute Gasteiger partial charge is 0.395 e. The summed E-state index contributed by atoms with van der Waals surface area (Å²) in [5, 5.41) is -0.0472. The summed E-state index contributed by atoms with van der Waals surface area (Å²) in [5.74, 6) is -0.160. The Kier molecular flexibility index (Phi) is 4.39. The number of nitrogens with zero attached hydrogens (tertiary/aromatic N) is 3. The highest BCUT2D eigenvalue weighted by Gasteiger charge is 2.43. The van der Waals surface area contributed by atoms with Gasteiger partial charge in [0, 0.05) is 31.2 Å². The van der Waals surface area contributed by atoms with E-state index in [1.807, 2.05) is 4.90 Å². The molecule has 1 aromatic heterocycles. The first-order chi connectivity index (χ1) is 10.7. The monoisotopic (exact) mass is 347 g/mol. The molecule has 3 heterocycles. The van der Waals surface area contributed by atoms with Gasteiger partial charge in [-0.1, -0.05) is 0 Å². The molecule has 0 aliphatic carbocycles. The van der Waals surface area contributed by atoms with E-state index in [4.69, 9.17) is 0 Å². The van der Waals surface area contributed by atoms with Crippen molar-refractivity contribution in [3.05, 3.63) is 16.1 Å². The molecular weight excluding hydrogens is 327 g/mol. The van der Waals surface area contributed by atoms with Crippen molar-refractivity contribution in [2.75, 3.05) is 13.1 Å². The molecule has 2 aliphatic heterocycles. The molecule has 2 unspecified atom stereocenters. The lowest BCUT2D eigenvalue weighted by Gasteiger charge is -2.42. The number of hydrogen-bond acceptors (Lipinski definition) is 4. The molecule has 2 fully saturated rings. The number of aromatic nitrogens is 1. The molecule has 2 aliphatic rings. The average molecular weight is 347 g/mol. The Balaban J connectivity index is 1.72. The zero-order chi connectivity index (χ0) is 16.8. The first kappa shape index (κ1) is 16.7. The topological polar surface area (TPSA) is 36.4 Å². The summed E-state index contributed by atoms with van der Waals surface area (Å²) in [7, 11) is 0. The van der Waals surface area contributed by atoms with Gasteiger partial charge in [-0.2, -0.15) is 13.2 Å². The van der Waals surface area contributed by atoms with Gasteiger partial charge in [0.2, 0.25) is 0 Å². The third-order valence-corrected chi connectivity index (χ3v) is 5.58. The lowest BCUT2D eigenvalue weighted by Crippen LogP contribution is -2.57. The standard InChI is InChI=1S/C15H20F3N3OS/c1-9(2)20-7-10-3-4-11(8-20)21(10)14(22)12-6-19-13(23-12)5-15(16,17)18/h6,9-11H,3-5,7-8H2,1-2H3. The van der Waals surface area contributed by atoms with E-state index < -0.39 is 12.6 Å². The summed E-state index contributed by atoms with van der Waals surface area (Å²) in [6.07, 6.45) is -2.14. The summed E-state index contributed by atoms with van der Waals surface area (Å²) in [4.78, 5) is 21.1. The fourth-order valence-electron chi connectivity index (χ4n) is 3.48. The molecule has 0 radical (unpaired) electrons. The number of amides is 1. The Morgan fingerprint density at radius 1 is 1.35 bits per heavy atom. The molecule has 3 rings (SSSR count). The lowest BCUT2D eigenvalue weighted by atomic mass is 10.1. The van der Waals surface area contributed by atoms with Gasteiger partial charge in [0.1, 0.15) is 9.88 Å². The minimum absolute atomic E-state index is 0.0472. The van der Waals surface area contributed by atoms with Gasteiger partial charge >= 0.3 is 6.18 Å². The van der Waals surface area contributed by atoms with Gasteiger partial charge in [0.25, 0.3) is 5.91 Å². The zero-order valence-electron chi connectivity index (χ0n) is 13.1. The number of alkyl halides is 3. The molecular formula is C15H20F3N3OS. The maximum atomic E-state index is 12.7. The van der Waals surface area contributed by atoms with Gasteiger partial charge in [0.05, 0.1) is 12.6 Å². The SMILES string of the molecule is CC(C)N1CC2CCC(C1)N2C(=O)c1cnc(CC(F)(F)F)s1. The van der Waals surface area contributed by atoms with Crippen LogP contribution in [0.4, 0.5) is 13.2 Å². The van der Waals surface area contributed by atoms with E-state index in [2.05, 4.69) is 23.7 Å². The predicted molar refractivity (Wildman–Crippen MR) is 81.6 cm³/mol. The molecule has 2 bridgehead atoms. The first-order valence-corrected chi connectivity index (χ1v) is 8.64. The Labute approximate surface area is 137 Å². The van der Waals surface area contributed by atoms with Crippen molar-refractivity contribution in [1.82, 2.24) is 14.8 Å². The van der Waals surface area contributed by atoms with E-state index >= 15 is 0 Å². The molecule has 0 N–H and O–H groups in total. The number of thiazole rings is 1. The Bertz CT molecular complexity index is 573. The van der Waals surface area contributed by atoms with Gasteiger partial charge in [-0.25, -0.2) is 4.98 Å². The van der Waals surface area contributed by atoms with Gasteiger partial charge in [-0.05, 0) is 26.7 Å². The minimum Gasteiger partial charge on any atom is -0.329 e. The van der Waals surface area contributed by atoms with Crippen molar-refractivity contribution in [2.45, 2.75) is 57.4 Å². The fraction of sp³-hybridized carbons (Fsp3) is 0.733. The van der Waals surface area contributed by atoms with Crippen LogP contribution >= 0.6 is 11.3 Å². The van der Waals surface area contributed by atoms with Crippen molar-refractivity contribution in [3.8, 4) is 0 Å². The highest BCUT2D eigenvalue weighted by Crippen LogP contribution is 2.33. The Hall–Kier alpha value is -1.15. The van der Waals surface area contributed by atoms with Crippen LogP contribution in [-0.2, 0) is 6.42 Å². The van der Waals surface area contributed by atoms with Crippen LogP contribution in [0.5, 0.6) is 0 Å². The van der Waals surface area contributed by atoms with Crippen LogP contribution in [0.1, 0.15) is 41.4 Å². The van der Waals surface area contributed by atoms with Crippen molar-refractivity contribution in [2.24, 2.45) is 0 Å². The maximum Gasteiger partial charge on any atom is 0.395 e. The van der Waals surface area contributed by atoms with E-state index in [1.54, 1.807) is 0 Å². The molecule has 128 valence electrons. The predicted octanol–water partition coefficient (Wildman–Crippen LogP) is 2.95. The molecule has 0 spiro atoms. The fourth-order valence-corrected chi connectivity index (χ4v) is 4.37. The van der Waals surface area contributed by atoms with Gasteiger partial charge in [0.15, 0.2) is 0 Å². The number of carbonyl (C=O) groups is 1. The van der Waals surface area contributed by atoms with Crippen LogP contribution in [0, 0.1) is 0 Å². The van der Waals surface area contributed by atoms with Crippen LogP contribution in [0.25, 0.3) is 0 Å². The summed E-state index contributed by atoms with van der Waals surface area (Å²) >= 11 is 0.865. The van der Waals surface area contributed by atoms with Crippen LogP contribution in [0.15, 0.2) is 6.20 Å². The third kappa shape index (κ3) is 3.52. The quantitative estimate of drug-likeness (QED) is 0.844. The number of hydrogen-bond donors (Lipinski definition) is 0. The second-order valence-electron chi connectivity index (χ2n) is 6.56. The van der Waals surface area contributed by atoms with Gasteiger partial charge in [-0.3, -0.25) is 9.69 Å². The molecule has 8 heteroatoms. The normalized spacial score (nSPS) is 25.4. The van der Waals surface area contributed by atoms with E-state index in [-0.39, 0.29) is 23.0 Å². The summed E-state index contributed by atoms with van der Waals surface area (Å²) in [5.41, 5.74) is 0. The number of halogens is 3. The first-order valence-electron chi connectivity index (χ1n) is 7.83. The van der Waals surface area contributed by atoms with E-state index in [0.717, 1.165) is 37.3 Å². The third-order valence-electron chi connectivity index (χ3n) is 4.59. The molecule has 4 nitrogen and oxygen atoms in total. The minimum atomic E-state index is -4.29. The maximum absolute atomic E-state index is 12.7. The van der Waals surface area contributed by atoms with Crippen LogP contribution in [-0.4, -0.2) is 58.1 Å². The molecule has 1 aromatic rings. The van der Waals surface area contributed by atoms with Crippen molar-refractivity contribution >= 4 is 17.2 Å². The van der Waals surface area contributed by atoms with Gasteiger partial charge in [-0.15, -0.1) is 11.3 Å². The summed E-state index contributed by atoms with van der Waals surface area (Å²) in [6.45, 7) is 5.97. The number of piperazine rings is 1. The van der Waals surface area contributed by atoms with Crippen molar-refractivity contribution in [1.29, 1.82) is 0 Å². The van der Waals surface area contributed by atoms with E-state index in [1.165, 1.54) is 6.20 Å². The Morgan fingerprint density at radius 3 is 2.48 bits per heavy atom.